The molecule has 1 aromatic rings. The van der Waals surface area contributed by atoms with Crippen molar-refractivity contribution in [3.63, 3.8) is 0 Å². The maximum Gasteiger partial charge on any atom is 0.251 e. The van der Waals surface area contributed by atoms with E-state index in [0.717, 1.165) is 30.6 Å². The molecule has 0 saturated heterocycles. The first kappa shape index (κ1) is 15.7. The van der Waals surface area contributed by atoms with Crippen molar-refractivity contribution in [2.75, 3.05) is 19.6 Å². The zero-order chi connectivity index (χ0) is 14.3. The lowest BCUT2D eigenvalue weighted by Crippen LogP contribution is -2.29. The molecule has 2 N–H and O–H groups in total. The van der Waals surface area contributed by atoms with Gasteiger partial charge in [0.15, 0.2) is 0 Å². The number of benzene rings is 1. The lowest BCUT2D eigenvalue weighted by atomic mass is 9.83. The van der Waals surface area contributed by atoms with Gasteiger partial charge in [0, 0.05) is 12.1 Å². The molecule has 0 unspecified atom stereocenters. The van der Waals surface area contributed by atoms with Gasteiger partial charge in [-0.25, -0.2) is 0 Å². The third-order valence-corrected chi connectivity index (χ3v) is 3.05. The van der Waals surface area contributed by atoms with E-state index in [1.54, 1.807) is 0 Å². The summed E-state index contributed by atoms with van der Waals surface area (Å²) < 4.78 is 0. The predicted octanol–water partition coefficient (Wildman–Crippen LogP) is 2.71. The molecule has 1 amide bonds. The van der Waals surface area contributed by atoms with Crippen molar-refractivity contribution in [2.24, 2.45) is 0 Å². The van der Waals surface area contributed by atoms with Crippen LogP contribution in [-0.2, 0) is 5.41 Å². The van der Waals surface area contributed by atoms with Crippen molar-refractivity contribution in [3.05, 3.63) is 35.4 Å². The summed E-state index contributed by atoms with van der Waals surface area (Å²) in [7, 11) is 0. The monoisotopic (exact) mass is 262 g/mol. The molecule has 0 radical (unpaired) electrons. The average molecular weight is 262 g/mol. The molecular weight excluding hydrogens is 236 g/mol. The number of carbonyl (C=O) groups is 1. The van der Waals surface area contributed by atoms with Gasteiger partial charge in [-0.15, -0.1) is 0 Å². The van der Waals surface area contributed by atoms with Crippen LogP contribution in [0.2, 0.25) is 0 Å². The van der Waals surface area contributed by atoms with Gasteiger partial charge in [-0.3, -0.25) is 4.79 Å². The molecule has 3 heteroatoms. The van der Waals surface area contributed by atoms with Crippen LogP contribution in [0.25, 0.3) is 0 Å². The van der Waals surface area contributed by atoms with Gasteiger partial charge in [0.25, 0.3) is 5.91 Å². The Hall–Kier alpha value is -1.35. The van der Waals surface area contributed by atoms with Crippen molar-refractivity contribution in [1.29, 1.82) is 0 Å². The fourth-order valence-corrected chi connectivity index (χ4v) is 2.02. The van der Waals surface area contributed by atoms with Gasteiger partial charge in [0.05, 0.1) is 0 Å². The van der Waals surface area contributed by atoms with Crippen LogP contribution in [-0.4, -0.2) is 25.5 Å². The van der Waals surface area contributed by atoms with Crippen LogP contribution in [0, 0.1) is 0 Å². The second-order valence-electron chi connectivity index (χ2n) is 5.76. The Labute approximate surface area is 116 Å². The molecule has 0 aliphatic heterocycles. The number of amides is 1. The highest BCUT2D eigenvalue weighted by molar-refractivity contribution is 5.96. The van der Waals surface area contributed by atoms with E-state index in [2.05, 4.69) is 38.3 Å². The van der Waals surface area contributed by atoms with E-state index in [4.69, 9.17) is 0 Å². The summed E-state index contributed by atoms with van der Waals surface area (Å²) in [6.07, 6.45) is 0.956. The molecule has 0 aliphatic carbocycles. The molecule has 1 rings (SSSR count). The standard InChI is InChI=1S/C16H26N2O/c1-5-17-11-8-12-18-15(19)13-9-6-7-10-14(13)16(2,3)4/h6-7,9-10,17H,5,8,11-12H2,1-4H3,(H,18,19). The first-order valence-corrected chi connectivity index (χ1v) is 7.05. The highest BCUT2D eigenvalue weighted by atomic mass is 16.1. The fraction of sp³-hybridized carbons (Fsp3) is 0.562. The van der Waals surface area contributed by atoms with Crippen molar-refractivity contribution < 1.29 is 4.79 Å². The predicted molar refractivity (Wildman–Crippen MR) is 80.6 cm³/mol. The first-order chi connectivity index (χ1) is 8.96. The Morgan fingerprint density at radius 2 is 1.84 bits per heavy atom. The average Bonchev–Trinajstić information content (AvgIpc) is 2.37. The Morgan fingerprint density at radius 1 is 1.16 bits per heavy atom. The molecule has 0 spiro atoms. The van der Waals surface area contributed by atoms with Crippen molar-refractivity contribution in [2.45, 2.75) is 39.5 Å². The Kier molecular flexibility index (Phi) is 6.03. The SMILES string of the molecule is CCNCCCNC(=O)c1ccccc1C(C)(C)C. The quantitative estimate of drug-likeness (QED) is 0.774. The zero-order valence-electron chi connectivity index (χ0n) is 12.5. The highest BCUT2D eigenvalue weighted by Gasteiger charge is 2.20. The van der Waals surface area contributed by atoms with Gasteiger partial charge in [0.1, 0.15) is 0 Å². The molecule has 0 heterocycles. The summed E-state index contributed by atoms with van der Waals surface area (Å²) in [5.41, 5.74) is 1.87. The van der Waals surface area contributed by atoms with Crippen LogP contribution < -0.4 is 10.6 Å². The van der Waals surface area contributed by atoms with Crippen LogP contribution in [0.3, 0.4) is 0 Å². The number of nitrogens with one attached hydrogen (secondary N) is 2. The van der Waals surface area contributed by atoms with Gasteiger partial charge in [-0.05, 0) is 36.6 Å². The maximum atomic E-state index is 12.2. The van der Waals surface area contributed by atoms with E-state index < -0.39 is 0 Å². The molecule has 3 nitrogen and oxygen atoms in total. The third kappa shape index (κ3) is 5.03. The van der Waals surface area contributed by atoms with E-state index >= 15 is 0 Å². The normalized spacial score (nSPS) is 11.4. The summed E-state index contributed by atoms with van der Waals surface area (Å²) >= 11 is 0. The minimum atomic E-state index is -0.0162. The van der Waals surface area contributed by atoms with E-state index in [-0.39, 0.29) is 11.3 Å². The van der Waals surface area contributed by atoms with E-state index in [1.165, 1.54) is 0 Å². The summed E-state index contributed by atoms with van der Waals surface area (Å²) in [6, 6.07) is 7.85. The summed E-state index contributed by atoms with van der Waals surface area (Å²) in [6.45, 7) is 11.1. The van der Waals surface area contributed by atoms with Gasteiger partial charge >= 0.3 is 0 Å². The maximum absolute atomic E-state index is 12.2. The van der Waals surface area contributed by atoms with E-state index in [1.807, 2.05) is 24.3 Å². The minimum Gasteiger partial charge on any atom is -0.352 e. The molecule has 106 valence electrons. The first-order valence-electron chi connectivity index (χ1n) is 7.05. The topological polar surface area (TPSA) is 41.1 Å². The molecule has 1 aromatic carbocycles. The molecule has 0 bridgehead atoms. The molecule has 0 aromatic heterocycles. The van der Waals surface area contributed by atoms with Gasteiger partial charge in [-0.1, -0.05) is 45.9 Å². The Bertz CT molecular complexity index is 407. The van der Waals surface area contributed by atoms with E-state index in [0.29, 0.717) is 6.54 Å². The lowest BCUT2D eigenvalue weighted by Gasteiger charge is -2.22. The van der Waals surface area contributed by atoms with Crippen molar-refractivity contribution in [3.8, 4) is 0 Å². The van der Waals surface area contributed by atoms with Crippen LogP contribution in [0.5, 0.6) is 0 Å². The number of rotatable bonds is 6. The summed E-state index contributed by atoms with van der Waals surface area (Å²) in [4.78, 5) is 12.2. The van der Waals surface area contributed by atoms with Crippen LogP contribution in [0.1, 0.15) is 50.0 Å². The molecule has 0 saturated carbocycles. The highest BCUT2D eigenvalue weighted by Crippen LogP contribution is 2.25. The lowest BCUT2D eigenvalue weighted by molar-refractivity contribution is 0.0951. The Balaban J connectivity index is 2.62. The van der Waals surface area contributed by atoms with Gasteiger partial charge in [0.2, 0.25) is 0 Å². The third-order valence-electron chi connectivity index (χ3n) is 3.05. The Morgan fingerprint density at radius 3 is 2.47 bits per heavy atom. The van der Waals surface area contributed by atoms with E-state index in [9.17, 15) is 4.79 Å². The molecular formula is C16H26N2O. The zero-order valence-corrected chi connectivity index (χ0v) is 12.5. The summed E-state index contributed by atoms with van der Waals surface area (Å²) in [5, 5.41) is 6.24. The van der Waals surface area contributed by atoms with Crippen molar-refractivity contribution >= 4 is 5.91 Å². The second-order valence-corrected chi connectivity index (χ2v) is 5.76. The van der Waals surface area contributed by atoms with Crippen molar-refractivity contribution in [1.82, 2.24) is 10.6 Å². The smallest absolute Gasteiger partial charge is 0.251 e. The molecule has 0 fully saturated rings. The fourth-order valence-electron chi connectivity index (χ4n) is 2.02. The van der Waals surface area contributed by atoms with Gasteiger partial charge in [-0.2, -0.15) is 0 Å². The van der Waals surface area contributed by atoms with Crippen LogP contribution in [0.4, 0.5) is 0 Å². The molecule has 0 aliphatic rings. The second kappa shape index (κ2) is 7.29. The van der Waals surface area contributed by atoms with Crippen LogP contribution in [0.15, 0.2) is 24.3 Å². The largest absolute Gasteiger partial charge is 0.352 e. The van der Waals surface area contributed by atoms with Crippen LogP contribution >= 0.6 is 0 Å². The number of carbonyl (C=O) groups excluding carboxylic acids is 1. The molecule has 19 heavy (non-hydrogen) atoms. The molecule has 0 atom stereocenters. The number of hydrogen-bond acceptors (Lipinski definition) is 2. The minimum absolute atomic E-state index is 0.0162. The van der Waals surface area contributed by atoms with Gasteiger partial charge < -0.3 is 10.6 Å². The number of hydrogen-bond donors (Lipinski definition) is 2. The summed E-state index contributed by atoms with van der Waals surface area (Å²) in [5.74, 6) is 0.0297.